The van der Waals surface area contributed by atoms with E-state index in [2.05, 4.69) is 132 Å². The van der Waals surface area contributed by atoms with Crippen LogP contribution in [0, 0.1) is 0 Å². The molecule has 0 saturated carbocycles. The van der Waals surface area contributed by atoms with Gasteiger partial charge in [-0.3, -0.25) is 9.55 Å². The molecular formula is C41H42N4O. The van der Waals surface area contributed by atoms with Crippen LogP contribution in [0.3, 0.4) is 0 Å². The van der Waals surface area contributed by atoms with Crippen LogP contribution < -0.4 is 0 Å². The summed E-state index contributed by atoms with van der Waals surface area (Å²) < 4.78 is 2.29. The summed E-state index contributed by atoms with van der Waals surface area (Å²) in [6.07, 6.45) is 5.91. The molecule has 0 fully saturated rings. The van der Waals surface area contributed by atoms with E-state index in [4.69, 9.17) is 9.97 Å². The van der Waals surface area contributed by atoms with Crippen molar-refractivity contribution in [2.24, 2.45) is 0 Å². The summed E-state index contributed by atoms with van der Waals surface area (Å²) in [5, 5.41) is 13.4. The Balaban J connectivity index is 1.53. The number of hydrogen-bond donors (Lipinski definition) is 1. The van der Waals surface area contributed by atoms with Gasteiger partial charge < -0.3 is 5.11 Å². The lowest BCUT2D eigenvalue weighted by Gasteiger charge is -2.47. The van der Waals surface area contributed by atoms with Gasteiger partial charge in [0.05, 0.1) is 17.1 Å². The molecule has 46 heavy (non-hydrogen) atoms. The van der Waals surface area contributed by atoms with Gasteiger partial charge in [-0.1, -0.05) is 110 Å². The summed E-state index contributed by atoms with van der Waals surface area (Å²) in [7, 11) is 0. The second kappa shape index (κ2) is 10.7. The van der Waals surface area contributed by atoms with Gasteiger partial charge in [0.15, 0.2) is 0 Å². The number of para-hydroxylation sites is 1. The zero-order valence-corrected chi connectivity index (χ0v) is 28.1. The Labute approximate surface area is 272 Å². The Morgan fingerprint density at radius 3 is 2.09 bits per heavy atom. The van der Waals surface area contributed by atoms with E-state index in [1.54, 1.807) is 6.07 Å². The Bertz CT molecular complexity index is 2100. The van der Waals surface area contributed by atoms with Crippen LogP contribution in [0.5, 0.6) is 5.75 Å². The minimum atomic E-state index is -0.210. The predicted molar refractivity (Wildman–Crippen MR) is 189 cm³/mol. The molecular weight excluding hydrogens is 564 g/mol. The van der Waals surface area contributed by atoms with Crippen molar-refractivity contribution in [3.05, 3.63) is 114 Å². The van der Waals surface area contributed by atoms with Gasteiger partial charge in [0.25, 0.3) is 0 Å². The summed E-state index contributed by atoms with van der Waals surface area (Å²) in [6, 6.07) is 25.2. The number of nitrogens with zero attached hydrogens (tertiary/aromatic N) is 4. The summed E-state index contributed by atoms with van der Waals surface area (Å²) >= 11 is 0. The van der Waals surface area contributed by atoms with E-state index in [1.807, 2.05) is 18.5 Å². The SMILES string of the molecule is CC(C)c1cccc(C(C)C)c1-n1cc(-c2ccc3c(n2)-c2c(O)cccc2C(C)(C)C3(C)C)nc1-c1cccc2cnccc12. The van der Waals surface area contributed by atoms with Crippen LogP contribution in [0.15, 0.2) is 91.4 Å². The second-order valence-corrected chi connectivity index (χ2v) is 14.4. The van der Waals surface area contributed by atoms with Crippen molar-refractivity contribution in [1.29, 1.82) is 0 Å². The van der Waals surface area contributed by atoms with E-state index in [0.29, 0.717) is 11.8 Å². The molecule has 3 aromatic carbocycles. The fourth-order valence-electron chi connectivity index (χ4n) is 7.25. The van der Waals surface area contributed by atoms with Gasteiger partial charge >= 0.3 is 0 Å². The Hall–Kier alpha value is -4.77. The molecule has 0 saturated heterocycles. The number of imidazole rings is 1. The minimum absolute atomic E-state index is 0.205. The highest BCUT2D eigenvalue weighted by Crippen LogP contribution is 2.55. The fourth-order valence-corrected chi connectivity index (χ4v) is 7.25. The molecule has 6 aromatic rings. The summed E-state index contributed by atoms with van der Waals surface area (Å²) in [4.78, 5) is 15.1. The first-order valence-electron chi connectivity index (χ1n) is 16.3. The number of pyridine rings is 2. The molecule has 0 amide bonds. The number of aromatic hydroxyl groups is 1. The summed E-state index contributed by atoms with van der Waals surface area (Å²) in [5.74, 6) is 1.76. The van der Waals surface area contributed by atoms with Crippen LogP contribution in [-0.2, 0) is 10.8 Å². The Morgan fingerprint density at radius 2 is 1.37 bits per heavy atom. The highest BCUT2D eigenvalue weighted by molar-refractivity contribution is 5.95. The molecule has 1 N–H and O–H groups in total. The zero-order chi connectivity index (χ0) is 32.5. The van der Waals surface area contributed by atoms with Crippen molar-refractivity contribution in [1.82, 2.24) is 19.5 Å². The van der Waals surface area contributed by atoms with E-state index < -0.39 is 0 Å². The van der Waals surface area contributed by atoms with Gasteiger partial charge in [0, 0.05) is 40.5 Å². The molecule has 0 bridgehead atoms. The van der Waals surface area contributed by atoms with Gasteiger partial charge in [-0.15, -0.1) is 0 Å². The topological polar surface area (TPSA) is 63.8 Å². The van der Waals surface area contributed by atoms with Crippen molar-refractivity contribution in [2.75, 3.05) is 0 Å². The number of phenols is 1. The lowest BCUT2D eigenvalue weighted by atomic mass is 9.56. The molecule has 0 aliphatic heterocycles. The molecule has 0 unspecified atom stereocenters. The molecule has 232 valence electrons. The van der Waals surface area contributed by atoms with Crippen LogP contribution in [0.4, 0.5) is 0 Å². The number of benzene rings is 3. The highest BCUT2D eigenvalue weighted by Gasteiger charge is 2.47. The lowest BCUT2D eigenvalue weighted by Crippen LogP contribution is -2.43. The summed E-state index contributed by atoms with van der Waals surface area (Å²) in [6.45, 7) is 18.1. The average Bonchev–Trinajstić information content (AvgIpc) is 3.48. The third-order valence-electron chi connectivity index (χ3n) is 10.6. The van der Waals surface area contributed by atoms with E-state index in [-0.39, 0.29) is 16.6 Å². The van der Waals surface area contributed by atoms with Crippen LogP contribution in [-0.4, -0.2) is 24.6 Å². The molecule has 3 aromatic heterocycles. The smallest absolute Gasteiger partial charge is 0.145 e. The number of phenolic OH excluding ortho intramolecular Hbond substituents is 1. The molecule has 7 rings (SSSR count). The quantitative estimate of drug-likeness (QED) is 0.212. The van der Waals surface area contributed by atoms with Crippen molar-refractivity contribution >= 4 is 10.8 Å². The van der Waals surface area contributed by atoms with E-state index in [1.165, 1.54) is 16.8 Å². The Kier molecular flexibility index (Phi) is 6.93. The van der Waals surface area contributed by atoms with Gasteiger partial charge in [0.2, 0.25) is 0 Å². The van der Waals surface area contributed by atoms with Crippen molar-refractivity contribution < 1.29 is 5.11 Å². The third kappa shape index (κ3) is 4.39. The molecule has 0 spiro atoms. The van der Waals surface area contributed by atoms with Gasteiger partial charge in [-0.2, -0.15) is 0 Å². The maximum absolute atomic E-state index is 11.2. The first-order chi connectivity index (χ1) is 21.9. The largest absolute Gasteiger partial charge is 0.507 e. The first-order valence-corrected chi connectivity index (χ1v) is 16.3. The van der Waals surface area contributed by atoms with Gasteiger partial charge in [-0.05, 0) is 63.1 Å². The number of rotatable bonds is 5. The van der Waals surface area contributed by atoms with Crippen LogP contribution in [0.1, 0.15) is 89.5 Å². The van der Waals surface area contributed by atoms with Crippen molar-refractivity contribution in [3.63, 3.8) is 0 Å². The van der Waals surface area contributed by atoms with Crippen molar-refractivity contribution in [3.8, 4) is 45.5 Å². The average molecular weight is 607 g/mol. The molecule has 5 heteroatoms. The van der Waals surface area contributed by atoms with Crippen LogP contribution >= 0.6 is 0 Å². The molecule has 1 aliphatic carbocycles. The van der Waals surface area contributed by atoms with Gasteiger partial charge in [-0.25, -0.2) is 9.97 Å². The summed E-state index contributed by atoms with van der Waals surface area (Å²) in [5.41, 5.74) is 9.81. The maximum atomic E-state index is 11.2. The molecule has 1 aliphatic rings. The third-order valence-corrected chi connectivity index (χ3v) is 10.6. The molecule has 0 radical (unpaired) electrons. The maximum Gasteiger partial charge on any atom is 0.145 e. The van der Waals surface area contributed by atoms with Gasteiger partial charge in [0.1, 0.15) is 17.3 Å². The van der Waals surface area contributed by atoms with Crippen molar-refractivity contribution in [2.45, 2.75) is 78.1 Å². The molecule has 0 atom stereocenters. The predicted octanol–water partition coefficient (Wildman–Crippen LogP) is 10.3. The fraction of sp³-hybridized carbons (Fsp3) is 0.293. The Morgan fingerprint density at radius 1 is 0.696 bits per heavy atom. The zero-order valence-electron chi connectivity index (χ0n) is 28.1. The van der Waals surface area contributed by atoms with E-state index in [0.717, 1.165) is 55.9 Å². The monoisotopic (exact) mass is 606 g/mol. The minimum Gasteiger partial charge on any atom is -0.507 e. The molecule has 3 heterocycles. The molecule has 5 nitrogen and oxygen atoms in total. The van der Waals surface area contributed by atoms with Crippen LogP contribution in [0.25, 0.3) is 50.5 Å². The number of hydrogen-bond acceptors (Lipinski definition) is 4. The number of fused-ring (bicyclic) bond motifs is 4. The first kappa shape index (κ1) is 29.9. The highest BCUT2D eigenvalue weighted by atomic mass is 16.3. The lowest BCUT2D eigenvalue weighted by molar-refractivity contribution is 0.296. The number of aromatic nitrogens is 4. The van der Waals surface area contributed by atoms with E-state index in [9.17, 15) is 5.11 Å². The standard InChI is InChI=1S/C41H42N4O/c1-24(2)27-13-10-14-28(25(3)4)38(27)45-23-34(44-39(45)30-15-9-12-26-22-42-21-20-29(26)30)33-19-18-32-37(43-33)36-31(16-11-17-35(36)46)40(5,6)41(32,7)8/h9-25,46H,1-8H3. The van der Waals surface area contributed by atoms with E-state index >= 15 is 0 Å². The second-order valence-electron chi connectivity index (χ2n) is 14.4. The van der Waals surface area contributed by atoms with Crippen LogP contribution in [0.2, 0.25) is 0 Å². The normalized spacial score (nSPS) is 14.9.